The lowest BCUT2D eigenvalue weighted by Crippen LogP contribution is -2.27. The number of nitrogens with one attached hydrogen (secondary N) is 1. The molecule has 102 valence electrons. The van der Waals surface area contributed by atoms with Gasteiger partial charge in [-0.1, -0.05) is 52.9 Å². The first-order chi connectivity index (χ1) is 8.08. The number of likely N-dealkylation sites (N-methyl/N-ethyl adjacent to an activating group) is 1. The van der Waals surface area contributed by atoms with Gasteiger partial charge in [0.25, 0.3) is 0 Å². The molecule has 3 heteroatoms. The zero-order valence-electron chi connectivity index (χ0n) is 12.6. The molecule has 0 fully saturated rings. The zero-order chi connectivity index (χ0) is 14.4. The smallest absolute Gasteiger partial charge is 0.0991 e. The lowest BCUT2D eigenvalue weighted by Gasteiger charge is -2.17. The molecule has 0 aliphatic carbocycles. The van der Waals surface area contributed by atoms with Gasteiger partial charge in [-0.3, -0.25) is 0 Å². The highest BCUT2D eigenvalue weighted by molar-refractivity contribution is 7.80. The van der Waals surface area contributed by atoms with E-state index in [1.165, 1.54) is 5.57 Å². The molecule has 1 atom stereocenters. The van der Waals surface area contributed by atoms with Crippen LogP contribution in [0.25, 0.3) is 0 Å². The van der Waals surface area contributed by atoms with Crippen molar-refractivity contribution in [2.24, 2.45) is 5.73 Å². The van der Waals surface area contributed by atoms with Crippen molar-refractivity contribution in [2.75, 3.05) is 7.05 Å². The largest absolute Gasteiger partial charge is 0.390 e. The van der Waals surface area contributed by atoms with Gasteiger partial charge in [-0.15, -0.1) is 6.58 Å². The molecule has 0 saturated heterocycles. The molecule has 1 unspecified atom stereocenters. The normalized spacial score (nSPS) is 11.9. The maximum absolute atomic E-state index is 5.57. The number of rotatable bonds is 5. The molecule has 0 aromatic carbocycles. The highest BCUT2D eigenvalue weighted by Gasteiger charge is 2.10. The Bertz CT molecular complexity index is 232. The van der Waals surface area contributed by atoms with E-state index in [1.54, 1.807) is 0 Å². The van der Waals surface area contributed by atoms with Crippen molar-refractivity contribution in [1.29, 1.82) is 0 Å². The van der Waals surface area contributed by atoms with Crippen molar-refractivity contribution in [3.8, 4) is 0 Å². The summed E-state index contributed by atoms with van der Waals surface area (Å²) in [5.74, 6) is 0. The van der Waals surface area contributed by atoms with E-state index in [-0.39, 0.29) is 6.04 Å². The molecular formula is C14H30N2S. The summed E-state index contributed by atoms with van der Waals surface area (Å²) in [6.07, 6.45) is 2.79. The molecule has 2 nitrogen and oxygen atoms in total. The fraction of sp³-hybridized carbons (Fsp3) is 0.643. The van der Waals surface area contributed by atoms with E-state index in [2.05, 4.69) is 18.8 Å². The van der Waals surface area contributed by atoms with Crippen molar-refractivity contribution < 1.29 is 0 Å². The Morgan fingerprint density at radius 2 is 1.76 bits per heavy atom. The predicted octanol–water partition coefficient (Wildman–Crippen LogP) is 3.83. The Morgan fingerprint density at radius 3 is 1.94 bits per heavy atom. The van der Waals surface area contributed by atoms with Crippen LogP contribution in [-0.4, -0.2) is 18.1 Å². The van der Waals surface area contributed by atoms with Gasteiger partial charge in [0.2, 0.25) is 0 Å². The van der Waals surface area contributed by atoms with Crippen LogP contribution in [0.4, 0.5) is 0 Å². The lowest BCUT2D eigenvalue weighted by molar-refractivity contribution is 0.723. The molecule has 17 heavy (non-hydrogen) atoms. The van der Waals surface area contributed by atoms with Gasteiger partial charge in [-0.2, -0.15) is 0 Å². The summed E-state index contributed by atoms with van der Waals surface area (Å²) in [5, 5.41) is 3.15. The first kappa shape index (κ1) is 21.6. The molecule has 0 spiro atoms. The van der Waals surface area contributed by atoms with Crippen LogP contribution in [0.2, 0.25) is 0 Å². The van der Waals surface area contributed by atoms with Gasteiger partial charge in [0, 0.05) is 6.04 Å². The maximum atomic E-state index is 5.57. The zero-order valence-corrected chi connectivity index (χ0v) is 13.4. The molecule has 0 aromatic rings. The van der Waals surface area contributed by atoms with Crippen LogP contribution in [0.5, 0.6) is 0 Å². The predicted molar refractivity (Wildman–Crippen MR) is 85.5 cm³/mol. The number of hydrogen-bond donors (Lipinski definition) is 2. The lowest BCUT2D eigenvalue weighted by atomic mass is 9.99. The Labute approximate surface area is 113 Å². The van der Waals surface area contributed by atoms with E-state index in [1.807, 2.05) is 47.7 Å². The van der Waals surface area contributed by atoms with E-state index in [0.29, 0.717) is 4.99 Å². The Kier molecular flexibility index (Phi) is 19.5. The minimum atomic E-state index is 0.173. The Balaban J connectivity index is -0.000000439. The second kappa shape index (κ2) is 15.3. The maximum Gasteiger partial charge on any atom is 0.0991 e. The number of nitrogens with two attached hydrogens (primary N) is 1. The van der Waals surface area contributed by atoms with E-state index in [4.69, 9.17) is 18.0 Å². The van der Waals surface area contributed by atoms with Crippen molar-refractivity contribution in [2.45, 2.75) is 54.0 Å². The second-order valence-electron chi connectivity index (χ2n) is 2.87. The molecule has 0 saturated carbocycles. The van der Waals surface area contributed by atoms with Gasteiger partial charge >= 0.3 is 0 Å². The SMILES string of the molecule is C=CC(NC)/C(CC)=C(/C)C(N)=S.CC.CC. The fourth-order valence-electron chi connectivity index (χ4n) is 1.31. The van der Waals surface area contributed by atoms with Crippen LogP contribution >= 0.6 is 12.2 Å². The van der Waals surface area contributed by atoms with Crippen LogP contribution in [0.15, 0.2) is 23.8 Å². The van der Waals surface area contributed by atoms with Crippen molar-refractivity contribution in [1.82, 2.24) is 5.32 Å². The summed E-state index contributed by atoms with van der Waals surface area (Å²) < 4.78 is 0. The van der Waals surface area contributed by atoms with Crippen LogP contribution in [0, 0.1) is 0 Å². The highest BCUT2D eigenvalue weighted by atomic mass is 32.1. The van der Waals surface area contributed by atoms with Gasteiger partial charge in [0.1, 0.15) is 0 Å². The fourth-order valence-corrected chi connectivity index (χ4v) is 1.44. The summed E-state index contributed by atoms with van der Waals surface area (Å²) in [5.41, 5.74) is 7.78. The summed E-state index contributed by atoms with van der Waals surface area (Å²) in [6.45, 7) is 15.8. The summed E-state index contributed by atoms with van der Waals surface area (Å²) >= 11 is 4.93. The van der Waals surface area contributed by atoms with Crippen LogP contribution < -0.4 is 11.1 Å². The van der Waals surface area contributed by atoms with E-state index in [9.17, 15) is 0 Å². The molecule has 0 aliphatic rings. The van der Waals surface area contributed by atoms with Gasteiger partial charge in [0.15, 0.2) is 0 Å². The highest BCUT2D eigenvalue weighted by Crippen LogP contribution is 2.14. The van der Waals surface area contributed by atoms with Gasteiger partial charge in [0.05, 0.1) is 4.99 Å². The Morgan fingerprint density at radius 1 is 1.35 bits per heavy atom. The van der Waals surface area contributed by atoms with Gasteiger partial charge in [-0.05, 0) is 31.5 Å². The van der Waals surface area contributed by atoms with Crippen molar-refractivity contribution in [3.63, 3.8) is 0 Å². The first-order valence-corrected chi connectivity index (χ1v) is 6.78. The van der Waals surface area contributed by atoms with E-state index < -0.39 is 0 Å². The topological polar surface area (TPSA) is 38.0 Å². The van der Waals surface area contributed by atoms with Gasteiger partial charge in [-0.25, -0.2) is 0 Å². The molecule has 0 radical (unpaired) electrons. The summed E-state index contributed by atoms with van der Waals surface area (Å²) in [7, 11) is 1.90. The Hall–Kier alpha value is -0.670. The molecule has 3 N–H and O–H groups in total. The van der Waals surface area contributed by atoms with E-state index >= 15 is 0 Å². The second-order valence-corrected chi connectivity index (χ2v) is 3.31. The van der Waals surface area contributed by atoms with Crippen molar-refractivity contribution in [3.05, 3.63) is 23.8 Å². The molecule has 0 aliphatic heterocycles. The third kappa shape index (κ3) is 9.07. The molecule has 0 bridgehead atoms. The van der Waals surface area contributed by atoms with Crippen molar-refractivity contribution >= 4 is 17.2 Å². The van der Waals surface area contributed by atoms with Crippen LogP contribution in [0.3, 0.4) is 0 Å². The number of thiocarbonyl (C=S) groups is 1. The molecule has 0 amide bonds. The minimum absolute atomic E-state index is 0.173. The minimum Gasteiger partial charge on any atom is -0.390 e. The molecule has 0 aromatic heterocycles. The summed E-state index contributed by atoms with van der Waals surface area (Å²) in [4.78, 5) is 0.471. The quantitative estimate of drug-likeness (QED) is 0.447. The average Bonchev–Trinajstić information content (AvgIpc) is 2.39. The van der Waals surface area contributed by atoms with E-state index in [0.717, 1.165) is 12.0 Å². The average molecular weight is 258 g/mol. The number of hydrogen-bond acceptors (Lipinski definition) is 2. The third-order valence-corrected chi connectivity index (χ3v) is 2.46. The monoisotopic (exact) mass is 258 g/mol. The van der Waals surface area contributed by atoms with Crippen LogP contribution in [-0.2, 0) is 0 Å². The summed E-state index contributed by atoms with van der Waals surface area (Å²) in [6, 6.07) is 0.173. The van der Waals surface area contributed by atoms with Crippen LogP contribution in [0.1, 0.15) is 48.0 Å². The standard InChI is InChI=1S/C10H18N2S.2C2H6/c1-5-8(7(3)10(11)13)9(6-2)12-4;2*1-2/h6,9,12H,2,5H2,1,3-4H3,(H2,11,13);2*1-2H3/b8-7-;;. The molecular weight excluding hydrogens is 228 g/mol. The molecule has 0 rings (SSSR count). The molecule has 0 heterocycles. The van der Waals surface area contributed by atoms with Gasteiger partial charge < -0.3 is 11.1 Å². The third-order valence-electron chi connectivity index (χ3n) is 2.15. The first-order valence-electron chi connectivity index (χ1n) is 6.37.